The molecule has 0 amide bonds. The normalized spacial score (nSPS) is 12.5. The van der Waals surface area contributed by atoms with Crippen LogP contribution in [0.1, 0.15) is 43.5 Å². The first-order valence-electron chi connectivity index (χ1n) is 9.42. The van der Waals surface area contributed by atoms with Crippen LogP contribution >= 0.6 is 0 Å². The third kappa shape index (κ3) is 2.89. The summed E-state index contributed by atoms with van der Waals surface area (Å²) in [5.41, 5.74) is 1.96. The highest BCUT2D eigenvalue weighted by molar-refractivity contribution is 6.27. The Morgan fingerprint density at radius 3 is 2.10 bits per heavy atom. The van der Waals surface area contributed by atoms with Crippen molar-refractivity contribution in [3.05, 3.63) is 100 Å². The van der Waals surface area contributed by atoms with Crippen LogP contribution in [0.15, 0.2) is 60.7 Å². The van der Waals surface area contributed by atoms with E-state index in [1.807, 2.05) is 31.2 Å². The van der Waals surface area contributed by atoms with Crippen molar-refractivity contribution in [3.63, 3.8) is 0 Å². The van der Waals surface area contributed by atoms with Crippen molar-refractivity contribution in [2.45, 2.75) is 13.5 Å². The Hall–Kier alpha value is -2.87. The molecule has 0 atom stereocenters. The van der Waals surface area contributed by atoms with Crippen LogP contribution in [0.5, 0.6) is 0 Å². The van der Waals surface area contributed by atoms with Crippen LogP contribution in [0, 0.1) is 12.7 Å². The van der Waals surface area contributed by atoms with E-state index in [9.17, 15) is 14.0 Å². The lowest BCUT2D eigenvalue weighted by Gasteiger charge is -2.14. The van der Waals surface area contributed by atoms with Gasteiger partial charge in [-0.3, -0.25) is 9.59 Å². The van der Waals surface area contributed by atoms with E-state index < -0.39 is 0 Å². The third-order valence-electron chi connectivity index (χ3n) is 5.80. The molecule has 3 aromatic carbocycles. The van der Waals surface area contributed by atoms with Crippen molar-refractivity contribution in [3.8, 4) is 0 Å². The van der Waals surface area contributed by atoms with E-state index in [1.54, 1.807) is 46.5 Å². The summed E-state index contributed by atoms with van der Waals surface area (Å²) in [5.74, 6) is -0.00562. The van der Waals surface area contributed by atoms with E-state index in [4.69, 9.17) is 0 Å². The van der Waals surface area contributed by atoms with Crippen LogP contribution in [-0.2, 0) is 13.6 Å². The lowest BCUT2D eigenvalue weighted by atomic mass is 9.87. The summed E-state index contributed by atoms with van der Waals surface area (Å²) in [6.07, 6.45) is 0. The van der Waals surface area contributed by atoms with Gasteiger partial charge in [0.2, 0.25) is 23.0 Å². The van der Waals surface area contributed by atoms with Gasteiger partial charge in [-0.1, -0.05) is 42.5 Å². The topological polar surface area (TPSA) is 43.0 Å². The minimum absolute atomic E-state index is 0. The maximum Gasteiger partial charge on any atom is 0.254 e. The third-order valence-corrected chi connectivity index (χ3v) is 5.80. The summed E-state index contributed by atoms with van der Waals surface area (Å²) < 4.78 is 17.7. The number of hydrogen-bond donors (Lipinski definition) is 0. The molecule has 6 heteroatoms. The number of halogens is 2. The number of imidazole rings is 1. The zero-order valence-electron chi connectivity index (χ0n) is 16.4. The molecule has 0 aliphatic heterocycles. The second-order valence-electron chi connectivity index (χ2n) is 7.38. The average molecular weight is 512 g/mol. The number of ketones is 2. The molecule has 0 saturated heterocycles. The van der Waals surface area contributed by atoms with Crippen molar-refractivity contribution >= 4 is 22.3 Å². The molecular weight excluding hydrogens is 494 g/mol. The molecule has 1 aromatic heterocycles. The predicted molar refractivity (Wildman–Crippen MR) is 107 cm³/mol. The summed E-state index contributed by atoms with van der Waals surface area (Å²) in [6.45, 7) is 2.02. The van der Waals surface area contributed by atoms with Crippen LogP contribution in [0.2, 0.25) is 0 Å². The largest absolute Gasteiger partial charge is 1.00 e. The van der Waals surface area contributed by atoms with Gasteiger partial charge in [-0.15, -0.1) is 0 Å². The lowest BCUT2D eigenvalue weighted by molar-refractivity contribution is -0.679. The Kier molecular flexibility index (Phi) is 5.05. The molecule has 4 aromatic rings. The average Bonchev–Trinajstić information content (AvgIpc) is 2.98. The highest BCUT2D eigenvalue weighted by Crippen LogP contribution is 2.31. The molecule has 1 aliphatic rings. The van der Waals surface area contributed by atoms with Crippen LogP contribution in [0.25, 0.3) is 10.8 Å². The van der Waals surface area contributed by atoms with Gasteiger partial charge in [0.25, 0.3) is 5.82 Å². The maximum atomic E-state index is 14.3. The summed E-state index contributed by atoms with van der Waals surface area (Å²) in [7, 11) is 1.77. The van der Waals surface area contributed by atoms with Crippen molar-refractivity contribution < 1.29 is 42.5 Å². The zero-order valence-corrected chi connectivity index (χ0v) is 18.6. The minimum atomic E-state index is -0.335. The monoisotopic (exact) mass is 512 g/mol. The minimum Gasteiger partial charge on any atom is -1.00 e. The van der Waals surface area contributed by atoms with Gasteiger partial charge in [0.15, 0.2) is 0 Å². The molecule has 5 rings (SSSR count). The van der Waals surface area contributed by atoms with Crippen molar-refractivity contribution in [2.75, 3.05) is 0 Å². The molecule has 0 fully saturated rings. The van der Waals surface area contributed by atoms with Gasteiger partial charge in [-0.05, 0) is 29.0 Å². The quantitative estimate of drug-likeness (QED) is 0.259. The number of hydrogen-bond acceptors (Lipinski definition) is 2. The zero-order chi connectivity index (χ0) is 20.3. The first-order valence-corrected chi connectivity index (χ1v) is 9.42. The molecule has 0 N–H and O–H groups in total. The Bertz CT molecular complexity index is 1360. The Morgan fingerprint density at radius 1 is 0.900 bits per heavy atom. The van der Waals surface area contributed by atoms with Crippen molar-refractivity contribution in [1.29, 1.82) is 0 Å². The van der Waals surface area contributed by atoms with E-state index in [-0.39, 0.29) is 47.9 Å². The molecular formula is C24H18FIN2O2. The van der Waals surface area contributed by atoms with Crippen molar-refractivity contribution in [2.24, 2.45) is 7.05 Å². The van der Waals surface area contributed by atoms with Crippen LogP contribution in [-0.4, -0.2) is 16.1 Å². The summed E-state index contributed by atoms with van der Waals surface area (Å²) in [4.78, 5) is 26.8. The van der Waals surface area contributed by atoms with Crippen LogP contribution in [0.3, 0.4) is 0 Å². The van der Waals surface area contributed by atoms with Gasteiger partial charge in [-0.2, -0.15) is 0 Å². The number of aromatic nitrogens is 2. The SMILES string of the molecule is Cc1n(Cc2ccccc2F)c2c([n+]1C)C(=O)c1cc3ccccc3cc1C2=O.[I-]. The van der Waals surface area contributed by atoms with Crippen molar-refractivity contribution in [1.82, 2.24) is 4.57 Å². The Balaban J connectivity index is 0.00000218. The molecule has 4 nitrogen and oxygen atoms in total. The summed E-state index contributed by atoms with van der Waals surface area (Å²) in [6, 6.07) is 17.7. The highest BCUT2D eigenvalue weighted by atomic mass is 127. The fourth-order valence-corrected chi connectivity index (χ4v) is 4.14. The number of benzene rings is 3. The van der Waals surface area contributed by atoms with E-state index in [1.165, 1.54) is 6.07 Å². The van der Waals surface area contributed by atoms with Gasteiger partial charge in [0.05, 0.1) is 7.05 Å². The molecule has 0 unspecified atom stereocenters. The van der Waals surface area contributed by atoms with E-state index in [2.05, 4.69) is 0 Å². The fourth-order valence-electron chi connectivity index (χ4n) is 4.14. The van der Waals surface area contributed by atoms with Gasteiger partial charge in [-0.25, -0.2) is 13.5 Å². The van der Waals surface area contributed by atoms with Gasteiger partial charge >= 0.3 is 0 Å². The maximum absolute atomic E-state index is 14.3. The van der Waals surface area contributed by atoms with Gasteiger partial charge in [0.1, 0.15) is 12.4 Å². The molecule has 0 bridgehead atoms. The Morgan fingerprint density at radius 2 is 1.47 bits per heavy atom. The molecule has 1 heterocycles. The lowest BCUT2D eigenvalue weighted by Crippen LogP contribution is -3.00. The van der Waals surface area contributed by atoms with E-state index in [0.717, 1.165) is 16.6 Å². The summed E-state index contributed by atoms with van der Waals surface area (Å²) >= 11 is 0. The summed E-state index contributed by atoms with van der Waals surface area (Å²) in [5, 5.41) is 1.82. The fraction of sp³-hybridized carbons (Fsp3) is 0.125. The molecule has 0 saturated carbocycles. The Labute approximate surface area is 190 Å². The number of carbonyl (C=O) groups is 2. The number of carbonyl (C=O) groups excluding carboxylic acids is 2. The second kappa shape index (κ2) is 7.43. The molecule has 0 spiro atoms. The molecule has 30 heavy (non-hydrogen) atoms. The standard InChI is InChI=1S/C24H18FN2O2.HI/c1-14-26(2)21-22(27(14)13-17-9-5-6-10-20(17)25)24(29)19-12-16-8-4-3-7-15(16)11-18(19)23(21)28;/h3-12H,13H2,1-2H3;1H/q+1;/p-1. The van der Waals surface area contributed by atoms with E-state index >= 15 is 0 Å². The predicted octanol–water partition coefficient (Wildman–Crippen LogP) is 0.741. The smallest absolute Gasteiger partial charge is 0.254 e. The van der Waals surface area contributed by atoms with Crippen LogP contribution < -0.4 is 28.5 Å². The molecule has 0 radical (unpaired) electrons. The number of rotatable bonds is 2. The first-order chi connectivity index (χ1) is 14.0. The van der Waals surface area contributed by atoms with Gasteiger partial charge < -0.3 is 24.0 Å². The highest BCUT2D eigenvalue weighted by Gasteiger charge is 2.42. The first kappa shape index (κ1) is 20.4. The molecule has 150 valence electrons. The second-order valence-corrected chi connectivity index (χ2v) is 7.38. The number of nitrogens with zero attached hydrogens (tertiary/aromatic N) is 2. The van der Waals surface area contributed by atoms with Crippen LogP contribution in [0.4, 0.5) is 4.39 Å². The van der Waals surface area contributed by atoms with E-state index in [0.29, 0.717) is 28.1 Å². The number of fused-ring (bicyclic) bond motifs is 3. The molecule has 1 aliphatic carbocycles. The van der Waals surface area contributed by atoms with Gasteiger partial charge in [0, 0.05) is 23.6 Å².